The predicted octanol–water partition coefficient (Wildman–Crippen LogP) is 4.66. The van der Waals surface area contributed by atoms with Gasteiger partial charge in [-0.2, -0.15) is 0 Å². The van der Waals surface area contributed by atoms with Gasteiger partial charge in [0.15, 0.2) is 0 Å². The second-order valence-electron chi connectivity index (χ2n) is 9.88. The maximum absolute atomic E-state index is 13.6. The Morgan fingerprint density at radius 1 is 1.19 bits per heavy atom. The molecule has 3 aromatic rings. The number of aryl methyl sites for hydroxylation is 1. The first-order valence-electron chi connectivity index (χ1n) is 12.6. The van der Waals surface area contributed by atoms with Gasteiger partial charge in [0.05, 0.1) is 36.4 Å². The molecule has 4 rings (SSSR count). The number of hydrogen-bond donors (Lipinski definition) is 2. The molecule has 36 heavy (non-hydrogen) atoms. The molecule has 2 aromatic heterocycles. The molecule has 1 fully saturated rings. The molecule has 8 heteroatoms. The predicted molar refractivity (Wildman–Crippen MR) is 140 cm³/mol. The van der Waals surface area contributed by atoms with Crippen LogP contribution in [0.3, 0.4) is 0 Å². The fourth-order valence-corrected chi connectivity index (χ4v) is 5.28. The lowest BCUT2D eigenvalue weighted by Crippen LogP contribution is -2.28. The smallest absolute Gasteiger partial charge is 0.256 e. The number of amides is 1. The summed E-state index contributed by atoms with van der Waals surface area (Å²) in [5, 5.41) is 3.82. The van der Waals surface area contributed by atoms with E-state index in [2.05, 4.69) is 21.8 Å². The average molecular weight is 496 g/mol. The highest BCUT2D eigenvalue weighted by Crippen LogP contribution is 2.37. The lowest BCUT2D eigenvalue weighted by molar-refractivity contribution is 0.0516. The number of aromatic nitrogens is 2. The van der Waals surface area contributed by atoms with Crippen molar-refractivity contribution in [3.8, 4) is 11.5 Å². The summed E-state index contributed by atoms with van der Waals surface area (Å²) in [7, 11) is 1.52. The minimum absolute atomic E-state index is 0.0465. The Kier molecular flexibility index (Phi) is 7.73. The summed E-state index contributed by atoms with van der Waals surface area (Å²) in [6.07, 6.45) is 2.02. The molecule has 1 aromatic carbocycles. The number of rotatable bonds is 8. The number of hydrogen-bond acceptors (Lipinski definition) is 5. The Bertz CT molecular complexity index is 1300. The van der Waals surface area contributed by atoms with Gasteiger partial charge >= 0.3 is 0 Å². The summed E-state index contributed by atoms with van der Waals surface area (Å²) < 4.78 is 19.2. The first kappa shape index (κ1) is 25.8. The lowest BCUT2D eigenvalue weighted by atomic mass is 9.92. The molecule has 0 radical (unpaired) electrons. The fraction of sp³-hybridized carbons (Fsp3) is 0.500. The summed E-state index contributed by atoms with van der Waals surface area (Å²) in [6, 6.07) is 7.85. The van der Waals surface area contributed by atoms with E-state index in [1.807, 2.05) is 39.0 Å². The van der Waals surface area contributed by atoms with Crippen molar-refractivity contribution in [1.29, 1.82) is 0 Å². The van der Waals surface area contributed by atoms with Crippen LogP contribution >= 0.6 is 0 Å². The molecular weight excluding hydrogens is 458 g/mol. The highest BCUT2D eigenvalue weighted by Gasteiger charge is 2.28. The Labute approximate surface area is 211 Å². The van der Waals surface area contributed by atoms with Crippen molar-refractivity contribution in [3.63, 3.8) is 0 Å². The average Bonchev–Trinajstić information content (AvgIpc) is 3.13. The van der Waals surface area contributed by atoms with Crippen LogP contribution in [0.4, 0.5) is 0 Å². The van der Waals surface area contributed by atoms with E-state index in [-0.39, 0.29) is 30.2 Å². The van der Waals surface area contributed by atoms with Crippen LogP contribution in [0.5, 0.6) is 11.5 Å². The van der Waals surface area contributed by atoms with Gasteiger partial charge < -0.3 is 29.1 Å². The number of fused-ring (bicyclic) bond motifs is 1. The van der Waals surface area contributed by atoms with Crippen molar-refractivity contribution in [3.05, 3.63) is 57.1 Å². The van der Waals surface area contributed by atoms with Crippen molar-refractivity contribution in [2.24, 2.45) is 5.92 Å². The van der Waals surface area contributed by atoms with Gasteiger partial charge in [-0.15, -0.1) is 0 Å². The number of carbonyl (C=O) groups excluding carboxylic acids is 1. The lowest BCUT2D eigenvalue weighted by Gasteiger charge is -2.30. The highest BCUT2D eigenvalue weighted by molar-refractivity contribution is 6.08. The molecule has 1 amide bonds. The molecule has 0 spiro atoms. The molecule has 1 atom stereocenters. The molecule has 0 unspecified atom stereocenters. The standard InChI is InChI=1S/C28H37N3O5/c1-16(2)36-21-7-8-22-24(14-21)31(18(4)20-9-11-35-12-10-20)19(5)26(22)28(33)29-15-23-25(34-6)13-17(3)30-27(23)32/h7-8,13-14,16,18,20H,9-12,15H2,1-6H3,(H,29,33)(H,30,32)/t18-/m0/s1. The van der Waals surface area contributed by atoms with Gasteiger partial charge in [0.25, 0.3) is 11.5 Å². The van der Waals surface area contributed by atoms with E-state index >= 15 is 0 Å². The quantitative estimate of drug-likeness (QED) is 0.474. The number of aromatic amines is 1. The SMILES string of the molecule is COc1cc(C)[nH]c(=O)c1CNC(=O)c1c(C)n([C@@H](C)C2CCOCC2)c2cc(OC(C)C)ccc12. The molecule has 0 aliphatic carbocycles. The van der Waals surface area contributed by atoms with Crippen LogP contribution < -0.4 is 20.3 Å². The largest absolute Gasteiger partial charge is 0.496 e. The molecule has 8 nitrogen and oxygen atoms in total. The van der Waals surface area contributed by atoms with Gasteiger partial charge in [0.1, 0.15) is 11.5 Å². The molecule has 0 bridgehead atoms. The summed E-state index contributed by atoms with van der Waals surface area (Å²) in [5.41, 5.74) is 3.30. The maximum atomic E-state index is 13.6. The van der Waals surface area contributed by atoms with Crippen molar-refractivity contribution >= 4 is 16.8 Å². The van der Waals surface area contributed by atoms with Crippen LogP contribution in [-0.4, -0.2) is 41.9 Å². The molecule has 1 saturated heterocycles. The summed E-state index contributed by atoms with van der Waals surface area (Å²) in [4.78, 5) is 28.9. The summed E-state index contributed by atoms with van der Waals surface area (Å²) in [5.74, 6) is 1.46. The van der Waals surface area contributed by atoms with E-state index in [0.29, 0.717) is 28.5 Å². The third-order valence-corrected chi connectivity index (χ3v) is 7.05. The van der Waals surface area contributed by atoms with Crippen molar-refractivity contribution in [2.75, 3.05) is 20.3 Å². The summed E-state index contributed by atoms with van der Waals surface area (Å²) in [6.45, 7) is 11.6. The number of carbonyl (C=O) groups is 1. The normalized spacial score (nSPS) is 15.3. The molecule has 1 aliphatic heterocycles. The number of H-pyrrole nitrogens is 1. The molecule has 1 aliphatic rings. The molecule has 0 saturated carbocycles. The van der Waals surface area contributed by atoms with Gasteiger partial charge in [0.2, 0.25) is 0 Å². The minimum Gasteiger partial charge on any atom is -0.496 e. The van der Waals surface area contributed by atoms with E-state index in [9.17, 15) is 9.59 Å². The first-order valence-corrected chi connectivity index (χ1v) is 12.6. The number of nitrogens with zero attached hydrogens (tertiary/aromatic N) is 1. The third-order valence-electron chi connectivity index (χ3n) is 7.05. The molecule has 2 N–H and O–H groups in total. The van der Waals surface area contributed by atoms with Crippen LogP contribution in [0.1, 0.15) is 67.0 Å². The van der Waals surface area contributed by atoms with Crippen LogP contribution in [0.2, 0.25) is 0 Å². The zero-order chi connectivity index (χ0) is 26.0. The van der Waals surface area contributed by atoms with Crippen molar-refractivity contribution < 1.29 is 19.0 Å². The maximum Gasteiger partial charge on any atom is 0.256 e. The highest BCUT2D eigenvalue weighted by atomic mass is 16.5. The zero-order valence-corrected chi connectivity index (χ0v) is 22.1. The monoisotopic (exact) mass is 495 g/mol. The van der Waals surface area contributed by atoms with Crippen LogP contribution in [0.25, 0.3) is 10.9 Å². The Morgan fingerprint density at radius 2 is 1.92 bits per heavy atom. The van der Waals surface area contributed by atoms with Gasteiger partial charge in [-0.3, -0.25) is 9.59 Å². The minimum atomic E-state index is -0.269. The number of pyridine rings is 1. The second kappa shape index (κ2) is 10.8. The molecule has 194 valence electrons. The Hall–Kier alpha value is -3.26. The van der Waals surface area contributed by atoms with E-state index in [4.69, 9.17) is 14.2 Å². The Morgan fingerprint density at radius 3 is 2.58 bits per heavy atom. The van der Waals surface area contributed by atoms with E-state index in [1.54, 1.807) is 13.0 Å². The van der Waals surface area contributed by atoms with Gasteiger partial charge in [-0.1, -0.05) is 0 Å². The van der Waals surface area contributed by atoms with Gasteiger partial charge in [-0.25, -0.2) is 0 Å². The van der Waals surface area contributed by atoms with Crippen molar-refractivity contribution in [2.45, 2.75) is 66.2 Å². The van der Waals surface area contributed by atoms with E-state index in [0.717, 1.165) is 48.4 Å². The zero-order valence-electron chi connectivity index (χ0n) is 22.1. The number of benzene rings is 1. The molecule has 3 heterocycles. The number of ether oxygens (including phenoxy) is 3. The van der Waals surface area contributed by atoms with Crippen molar-refractivity contribution in [1.82, 2.24) is 14.9 Å². The topological polar surface area (TPSA) is 94.6 Å². The second-order valence-corrected chi connectivity index (χ2v) is 9.88. The Balaban J connectivity index is 1.73. The number of methoxy groups -OCH3 is 1. The fourth-order valence-electron chi connectivity index (χ4n) is 5.28. The van der Waals surface area contributed by atoms with Gasteiger partial charge in [-0.05, 0) is 71.6 Å². The molecular formula is C28H37N3O5. The number of nitrogens with one attached hydrogen (secondary N) is 2. The van der Waals surface area contributed by atoms with E-state index in [1.165, 1.54) is 7.11 Å². The first-order chi connectivity index (χ1) is 17.2. The van der Waals surface area contributed by atoms with Gasteiger partial charge in [0, 0.05) is 42.1 Å². The third kappa shape index (κ3) is 5.14. The van der Waals surface area contributed by atoms with Crippen LogP contribution in [0, 0.1) is 19.8 Å². The summed E-state index contributed by atoms with van der Waals surface area (Å²) >= 11 is 0. The van der Waals surface area contributed by atoms with Crippen LogP contribution in [-0.2, 0) is 11.3 Å². The van der Waals surface area contributed by atoms with Crippen LogP contribution in [0.15, 0.2) is 29.1 Å². The van der Waals surface area contributed by atoms with E-state index < -0.39 is 0 Å².